The second kappa shape index (κ2) is 18.9. The Morgan fingerprint density at radius 2 is 1.53 bits per heavy atom. The molecule has 2 bridgehead atoms. The van der Waals surface area contributed by atoms with Crippen LogP contribution in [0.25, 0.3) is 32.9 Å². The van der Waals surface area contributed by atoms with Crippen molar-refractivity contribution in [3.63, 3.8) is 0 Å². The van der Waals surface area contributed by atoms with Crippen molar-refractivity contribution in [3.8, 4) is 23.0 Å². The van der Waals surface area contributed by atoms with Crippen LogP contribution in [0.1, 0.15) is 75.3 Å². The highest BCUT2D eigenvalue weighted by Crippen LogP contribution is 2.48. The standard InChI is InChI=1S/C54H61F5N10O4/c1-2-37-41(55)7-3-31-19-36(70)22-39(45(31)37)48-47(58)49-40(23-60-48)50(68-24-32-4-5-33(25-68)61-32)64-52(63-49)73-30-53(11-12-53)26-65-13-9-34(10-14-65)69-28-54(59,29-69)27-66-15-17-67(18-16-66)35-20-42(56)46(43(57)21-35)38-6-8-44(71)62-51(38)72/h3,7,19-23,32-34,38,61,70H,2,4-6,8-18,24-30H2,1H3,(H,62,71,72). The number of carbonyl (C=O) groups excluding carboxylic acids is 2. The molecule has 19 heteroatoms. The van der Waals surface area contributed by atoms with Crippen molar-refractivity contribution in [2.45, 2.75) is 94.4 Å². The van der Waals surface area contributed by atoms with Gasteiger partial charge in [0.25, 0.3) is 0 Å². The number of halogens is 5. The number of amides is 2. The minimum Gasteiger partial charge on any atom is -0.508 e. The molecule has 3 unspecified atom stereocenters. The van der Waals surface area contributed by atoms with Crippen molar-refractivity contribution in [3.05, 3.63) is 77.0 Å². The number of anilines is 2. The lowest BCUT2D eigenvalue weighted by Gasteiger charge is -2.52. The van der Waals surface area contributed by atoms with Crippen molar-refractivity contribution in [1.29, 1.82) is 0 Å². The van der Waals surface area contributed by atoms with Gasteiger partial charge >= 0.3 is 6.01 Å². The topological polar surface area (TPSA) is 143 Å². The highest BCUT2D eigenvalue weighted by atomic mass is 19.2. The van der Waals surface area contributed by atoms with Crippen LogP contribution in [-0.2, 0) is 16.0 Å². The Kier molecular flexibility index (Phi) is 12.5. The van der Waals surface area contributed by atoms with Crippen molar-refractivity contribution in [2.24, 2.45) is 5.41 Å². The van der Waals surface area contributed by atoms with Gasteiger partial charge in [0.05, 0.1) is 17.9 Å². The van der Waals surface area contributed by atoms with Gasteiger partial charge in [-0.15, -0.1) is 0 Å². The third kappa shape index (κ3) is 9.32. The summed E-state index contributed by atoms with van der Waals surface area (Å²) < 4.78 is 85.5. The van der Waals surface area contributed by atoms with Gasteiger partial charge in [-0.2, -0.15) is 9.97 Å². The second-order valence-electron chi connectivity index (χ2n) is 22.0. The summed E-state index contributed by atoms with van der Waals surface area (Å²) in [5, 5.41) is 18.1. The number of hydrogen-bond donors (Lipinski definition) is 3. The van der Waals surface area contributed by atoms with Crippen LogP contribution in [-0.4, -0.2) is 156 Å². The Morgan fingerprint density at radius 1 is 0.822 bits per heavy atom. The van der Waals surface area contributed by atoms with Crippen LogP contribution < -0.4 is 25.2 Å². The van der Waals surface area contributed by atoms with Crippen LogP contribution in [0.4, 0.5) is 33.5 Å². The Hall–Kier alpha value is -5.76. The van der Waals surface area contributed by atoms with E-state index in [0.29, 0.717) is 111 Å². The maximum atomic E-state index is 17.2. The number of aromatic nitrogens is 3. The first-order valence-corrected chi connectivity index (χ1v) is 26.1. The Morgan fingerprint density at radius 3 is 2.22 bits per heavy atom. The van der Waals surface area contributed by atoms with E-state index in [1.54, 1.807) is 18.3 Å². The number of alkyl halides is 1. The van der Waals surface area contributed by atoms with Crippen LogP contribution in [0.3, 0.4) is 0 Å². The highest BCUT2D eigenvalue weighted by Gasteiger charge is 2.49. The Bertz CT molecular complexity index is 2960. The molecule has 6 aliphatic heterocycles. The van der Waals surface area contributed by atoms with E-state index in [2.05, 4.69) is 35.2 Å². The first-order chi connectivity index (χ1) is 35.2. The van der Waals surface area contributed by atoms with Gasteiger partial charge in [0.15, 0.2) is 5.82 Å². The zero-order chi connectivity index (χ0) is 50.3. The normalized spacial score (nSPS) is 24.6. The smallest absolute Gasteiger partial charge is 0.319 e. The predicted molar refractivity (Wildman–Crippen MR) is 266 cm³/mol. The van der Waals surface area contributed by atoms with E-state index in [1.165, 1.54) is 24.3 Å². The second-order valence-corrected chi connectivity index (χ2v) is 22.0. The van der Waals surface area contributed by atoms with Crippen LogP contribution >= 0.6 is 0 Å². The quantitative estimate of drug-likeness (QED) is 0.0863. The van der Waals surface area contributed by atoms with Crippen molar-refractivity contribution in [2.75, 3.05) is 94.9 Å². The van der Waals surface area contributed by atoms with E-state index in [9.17, 15) is 14.7 Å². The molecule has 386 valence electrons. The van der Waals surface area contributed by atoms with Crippen LogP contribution in [0, 0.1) is 28.7 Å². The Labute approximate surface area is 420 Å². The lowest BCUT2D eigenvalue weighted by molar-refractivity contribution is -0.134. The fraction of sp³-hybridized carbons (Fsp3) is 0.537. The maximum absolute atomic E-state index is 17.2. The lowest BCUT2D eigenvalue weighted by atomic mass is 9.89. The largest absolute Gasteiger partial charge is 0.508 e. The molecular formula is C54H61F5N10O4. The number of imide groups is 1. The molecule has 2 amide bonds. The molecule has 14 nitrogen and oxygen atoms in total. The molecule has 7 aliphatic rings. The van der Waals surface area contributed by atoms with Gasteiger partial charge in [0.2, 0.25) is 11.8 Å². The number of hydrogen-bond acceptors (Lipinski definition) is 13. The average Bonchev–Trinajstić information content (AvgIpc) is 4.05. The number of piperidine rings is 2. The average molecular weight is 1010 g/mol. The number of ether oxygens (including phenoxy) is 1. The van der Waals surface area contributed by atoms with Gasteiger partial charge in [-0.05, 0) is 111 Å². The van der Waals surface area contributed by atoms with Crippen molar-refractivity contribution in [1.82, 2.24) is 40.3 Å². The summed E-state index contributed by atoms with van der Waals surface area (Å²) in [6, 6.07) is 9.39. The fourth-order valence-corrected chi connectivity index (χ4v) is 12.8. The van der Waals surface area contributed by atoms with Gasteiger partial charge in [-0.1, -0.05) is 13.0 Å². The SMILES string of the molecule is CCc1c(F)ccc2cc(O)cc(-c3ncc4c(N5CC6CCC(C5)N6)nc(OCC5(CN6CCC(N7CC(F)(CN8CCN(c9cc(F)c(C%10CCC(=O)NC%10=O)c(F)c9)CC8)C7)CC6)CC5)nc4c3F)c12. The molecular weight excluding hydrogens is 948 g/mol. The van der Waals surface area contributed by atoms with Crippen molar-refractivity contribution < 1.29 is 41.4 Å². The first-order valence-electron chi connectivity index (χ1n) is 26.1. The number of carbonyl (C=O) groups is 2. The van der Waals surface area contributed by atoms with Crippen LogP contribution in [0.2, 0.25) is 0 Å². The van der Waals surface area contributed by atoms with Gasteiger partial charge in [-0.3, -0.25) is 29.7 Å². The molecule has 3 aromatic carbocycles. The monoisotopic (exact) mass is 1010 g/mol. The Balaban J connectivity index is 0.663. The summed E-state index contributed by atoms with van der Waals surface area (Å²) in [5.74, 6) is -4.42. The van der Waals surface area contributed by atoms with E-state index < -0.39 is 46.7 Å². The summed E-state index contributed by atoms with van der Waals surface area (Å²) in [5.41, 5.74) is -0.642. The lowest BCUT2D eigenvalue weighted by Crippen LogP contribution is -2.68. The number of benzene rings is 3. The molecule has 1 saturated carbocycles. The summed E-state index contributed by atoms with van der Waals surface area (Å²) in [6.45, 7) is 9.33. The number of likely N-dealkylation sites (tertiary alicyclic amines) is 2. The molecule has 0 spiro atoms. The van der Waals surface area contributed by atoms with Crippen molar-refractivity contribution >= 4 is 45.0 Å². The molecule has 3 N–H and O–H groups in total. The van der Waals surface area contributed by atoms with Gasteiger partial charge in [0.1, 0.15) is 45.9 Å². The summed E-state index contributed by atoms with van der Waals surface area (Å²) in [7, 11) is 0. The molecule has 0 radical (unpaired) electrons. The number of nitrogens with one attached hydrogen (secondary N) is 2. The zero-order valence-corrected chi connectivity index (χ0v) is 41.0. The van der Waals surface area contributed by atoms with E-state index in [0.717, 1.165) is 58.2 Å². The molecule has 12 rings (SSSR count). The molecule has 7 fully saturated rings. The number of phenols is 1. The van der Waals surface area contributed by atoms with Gasteiger partial charge in [0, 0.05) is 118 Å². The van der Waals surface area contributed by atoms with Gasteiger partial charge < -0.3 is 29.9 Å². The van der Waals surface area contributed by atoms with E-state index in [-0.39, 0.29) is 64.4 Å². The molecule has 8 heterocycles. The maximum Gasteiger partial charge on any atom is 0.319 e. The molecule has 2 aromatic heterocycles. The van der Waals surface area contributed by atoms with Crippen LogP contribution in [0.5, 0.6) is 11.8 Å². The predicted octanol–water partition coefficient (Wildman–Crippen LogP) is 6.60. The number of aryl methyl sites for hydroxylation is 1. The fourth-order valence-electron chi connectivity index (χ4n) is 12.8. The summed E-state index contributed by atoms with van der Waals surface area (Å²) in [6.07, 6.45) is 7.95. The number of nitrogens with zero attached hydrogens (tertiary/aromatic N) is 8. The number of fused-ring (bicyclic) bond motifs is 4. The number of phenolic OH excluding ortho intramolecular Hbond substituents is 1. The number of pyridine rings is 1. The summed E-state index contributed by atoms with van der Waals surface area (Å²) in [4.78, 5) is 49.1. The molecule has 1 aliphatic carbocycles. The van der Waals surface area contributed by atoms with E-state index in [4.69, 9.17) is 14.7 Å². The molecule has 73 heavy (non-hydrogen) atoms. The number of piperazine rings is 2. The first kappa shape index (κ1) is 48.2. The third-order valence-corrected chi connectivity index (χ3v) is 16.9. The van der Waals surface area contributed by atoms with Gasteiger partial charge in [-0.25, -0.2) is 22.0 Å². The van der Waals surface area contributed by atoms with E-state index in [1.807, 2.05) is 11.8 Å². The number of rotatable bonds is 13. The molecule has 3 atom stereocenters. The summed E-state index contributed by atoms with van der Waals surface area (Å²) >= 11 is 0. The van der Waals surface area contributed by atoms with E-state index >= 15 is 22.0 Å². The van der Waals surface area contributed by atoms with Crippen LogP contribution in [0.15, 0.2) is 42.6 Å². The minimum atomic E-state index is -1.33. The zero-order valence-electron chi connectivity index (χ0n) is 41.0. The molecule has 6 saturated heterocycles. The third-order valence-electron chi connectivity index (χ3n) is 16.9. The molecule has 5 aromatic rings. The number of aromatic hydroxyl groups is 1. The highest BCUT2D eigenvalue weighted by molar-refractivity contribution is 6.02. The minimum absolute atomic E-state index is 0.0261.